The first-order valence-electron chi connectivity index (χ1n) is 8.89. The van der Waals surface area contributed by atoms with E-state index in [-0.39, 0.29) is 0 Å². The average Bonchev–Trinajstić information content (AvgIpc) is 3.22. The minimum Gasteiger partial charge on any atom is -0.383 e. The number of anilines is 1. The number of nitrogens with two attached hydrogens (primary N) is 2. The van der Waals surface area contributed by atoms with Crippen molar-refractivity contribution in [3.8, 4) is 0 Å². The van der Waals surface area contributed by atoms with Crippen LogP contribution in [0, 0.1) is 0 Å². The molecule has 3 rings (SSSR count). The summed E-state index contributed by atoms with van der Waals surface area (Å²) in [6.45, 7) is 7.67. The SMILES string of the molecule is CC(C)(O)c1ncc(SN)s1.CC(C)c1cc2c(cc1NC(N)=O)CCC2. The molecular formula is C19H28N4O2S2. The van der Waals surface area contributed by atoms with Gasteiger partial charge in [-0.2, -0.15) is 0 Å². The van der Waals surface area contributed by atoms with Gasteiger partial charge < -0.3 is 16.2 Å². The van der Waals surface area contributed by atoms with E-state index in [1.807, 2.05) is 0 Å². The zero-order valence-corrected chi connectivity index (χ0v) is 17.8. The lowest BCUT2D eigenvalue weighted by Crippen LogP contribution is -2.20. The molecule has 0 unspecified atom stereocenters. The van der Waals surface area contributed by atoms with E-state index >= 15 is 0 Å². The number of aromatic nitrogens is 1. The van der Waals surface area contributed by atoms with Crippen molar-refractivity contribution < 1.29 is 9.90 Å². The van der Waals surface area contributed by atoms with Crippen molar-refractivity contribution in [2.75, 3.05) is 5.32 Å². The van der Waals surface area contributed by atoms with Gasteiger partial charge in [0.05, 0.1) is 10.4 Å². The number of carbonyl (C=O) groups is 1. The quantitative estimate of drug-likeness (QED) is 0.568. The van der Waals surface area contributed by atoms with Crippen molar-refractivity contribution in [1.82, 2.24) is 4.98 Å². The van der Waals surface area contributed by atoms with Crippen LogP contribution in [0.15, 0.2) is 22.5 Å². The van der Waals surface area contributed by atoms with E-state index in [0.717, 1.165) is 34.7 Å². The van der Waals surface area contributed by atoms with Crippen LogP contribution in [-0.2, 0) is 18.4 Å². The maximum Gasteiger partial charge on any atom is 0.316 e. The predicted molar refractivity (Wildman–Crippen MR) is 113 cm³/mol. The summed E-state index contributed by atoms with van der Waals surface area (Å²) in [5, 5.41) is 18.2. The molecule has 1 aliphatic rings. The Morgan fingerprint density at radius 1 is 1.33 bits per heavy atom. The Hall–Kier alpha value is -1.61. The van der Waals surface area contributed by atoms with Crippen molar-refractivity contribution in [3.05, 3.63) is 40.0 Å². The number of fused-ring (bicyclic) bond motifs is 1. The zero-order chi connectivity index (χ0) is 20.2. The van der Waals surface area contributed by atoms with Gasteiger partial charge in [-0.15, -0.1) is 11.3 Å². The summed E-state index contributed by atoms with van der Waals surface area (Å²) in [6.07, 6.45) is 5.16. The minimum atomic E-state index is -0.849. The number of thiazole rings is 1. The number of hydrogen-bond donors (Lipinski definition) is 4. The second kappa shape index (κ2) is 9.05. The average molecular weight is 409 g/mol. The third-order valence-corrected chi connectivity index (χ3v) is 6.25. The summed E-state index contributed by atoms with van der Waals surface area (Å²) in [5.74, 6) is 0.396. The van der Waals surface area contributed by atoms with Crippen LogP contribution < -0.4 is 16.2 Å². The van der Waals surface area contributed by atoms with Gasteiger partial charge in [0.25, 0.3) is 0 Å². The van der Waals surface area contributed by atoms with Gasteiger partial charge in [-0.1, -0.05) is 19.9 Å². The summed E-state index contributed by atoms with van der Waals surface area (Å²) in [7, 11) is 0. The van der Waals surface area contributed by atoms with Crippen LogP contribution in [0.3, 0.4) is 0 Å². The van der Waals surface area contributed by atoms with Crippen molar-refractivity contribution >= 4 is 35.0 Å². The van der Waals surface area contributed by atoms with Crippen molar-refractivity contribution in [3.63, 3.8) is 0 Å². The molecule has 2 amide bonds. The summed E-state index contributed by atoms with van der Waals surface area (Å²) in [5.41, 5.74) is 9.18. The van der Waals surface area contributed by atoms with Crippen LogP contribution in [-0.4, -0.2) is 16.1 Å². The molecule has 0 aliphatic heterocycles. The van der Waals surface area contributed by atoms with Gasteiger partial charge in [-0.25, -0.2) is 9.78 Å². The molecule has 1 aromatic carbocycles. The predicted octanol–water partition coefficient (Wildman–Crippen LogP) is 4.13. The topological polar surface area (TPSA) is 114 Å². The smallest absolute Gasteiger partial charge is 0.316 e. The van der Waals surface area contributed by atoms with Crippen LogP contribution in [0.2, 0.25) is 0 Å². The fourth-order valence-corrected chi connectivity index (χ4v) is 4.15. The molecule has 27 heavy (non-hydrogen) atoms. The second-order valence-electron chi connectivity index (χ2n) is 7.37. The number of aliphatic hydroxyl groups is 1. The summed E-state index contributed by atoms with van der Waals surface area (Å²) < 4.78 is 0.919. The van der Waals surface area contributed by atoms with Gasteiger partial charge in [-0.3, -0.25) is 5.14 Å². The Kier molecular flexibility index (Phi) is 7.27. The first kappa shape index (κ1) is 21.7. The van der Waals surface area contributed by atoms with E-state index in [2.05, 4.69) is 36.3 Å². The lowest BCUT2D eigenvalue weighted by molar-refractivity contribution is 0.0783. The van der Waals surface area contributed by atoms with E-state index in [0.29, 0.717) is 10.9 Å². The number of urea groups is 1. The molecule has 6 N–H and O–H groups in total. The first-order valence-corrected chi connectivity index (χ1v) is 10.6. The van der Waals surface area contributed by atoms with Gasteiger partial charge in [0.2, 0.25) is 0 Å². The van der Waals surface area contributed by atoms with Crippen LogP contribution in [0.4, 0.5) is 10.5 Å². The molecule has 0 saturated heterocycles. The second-order valence-corrected chi connectivity index (χ2v) is 9.33. The maximum atomic E-state index is 11.0. The number of nitrogens with one attached hydrogen (secondary N) is 1. The number of amides is 2. The van der Waals surface area contributed by atoms with E-state index < -0.39 is 11.6 Å². The fraction of sp³-hybridized carbons (Fsp3) is 0.474. The Bertz CT molecular complexity index is 797. The van der Waals surface area contributed by atoms with Crippen LogP contribution in [0.1, 0.15) is 61.7 Å². The number of nitrogens with zero attached hydrogens (tertiary/aromatic N) is 1. The molecule has 0 saturated carbocycles. The highest BCUT2D eigenvalue weighted by atomic mass is 32.2. The Labute approximate surface area is 168 Å². The van der Waals surface area contributed by atoms with Gasteiger partial charge in [0, 0.05) is 5.69 Å². The number of benzene rings is 1. The van der Waals surface area contributed by atoms with Gasteiger partial charge in [0.15, 0.2) is 0 Å². The normalized spacial score (nSPS) is 13.1. The van der Waals surface area contributed by atoms with Crippen molar-refractivity contribution in [2.45, 2.75) is 62.7 Å². The van der Waals surface area contributed by atoms with Gasteiger partial charge in [0.1, 0.15) is 10.6 Å². The summed E-state index contributed by atoms with van der Waals surface area (Å²) in [6, 6.07) is 3.82. The molecule has 0 bridgehead atoms. The Morgan fingerprint density at radius 3 is 2.41 bits per heavy atom. The van der Waals surface area contributed by atoms with Crippen LogP contribution in [0.25, 0.3) is 0 Å². The van der Waals surface area contributed by atoms with E-state index in [9.17, 15) is 9.90 Å². The molecule has 1 aliphatic carbocycles. The van der Waals surface area contributed by atoms with Crippen molar-refractivity contribution in [1.29, 1.82) is 0 Å². The van der Waals surface area contributed by atoms with Crippen molar-refractivity contribution in [2.24, 2.45) is 10.9 Å². The number of aryl methyl sites for hydroxylation is 2. The molecule has 0 spiro atoms. The molecule has 0 atom stereocenters. The van der Waals surface area contributed by atoms with Crippen LogP contribution in [0.5, 0.6) is 0 Å². The van der Waals surface area contributed by atoms with E-state index in [1.165, 1.54) is 34.4 Å². The van der Waals surface area contributed by atoms with Crippen LogP contribution >= 0.6 is 23.3 Å². The third-order valence-electron chi connectivity index (χ3n) is 4.27. The molecule has 8 heteroatoms. The number of primary amides is 1. The highest BCUT2D eigenvalue weighted by Crippen LogP contribution is 2.32. The minimum absolute atomic E-state index is 0.396. The molecule has 148 valence electrons. The lowest BCUT2D eigenvalue weighted by Gasteiger charge is -2.15. The fourth-order valence-electron chi connectivity index (χ4n) is 2.96. The highest BCUT2D eigenvalue weighted by Gasteiger charge is 2.20. The Balaban J connectivity index is 0.000000208. The number of hydrogen-bond acceptors (Lipinski definition) is 6. The summed E-state index contributed by atoms with van der Waals surface area (Å²) in [4.78, 5) is 15.0. The monoisotopic (exact) mass is 408 g/mol. The molecule has 2 aromatic rings. The first-order chi connectivity index (χ1) is 12.6. The lowest BCUT2D eigenvalue weighted by atomic mass is 9.96. The van der Waals surface area contributed by atoms with E-state index in [4.69, 9.17) is 10.9 Å². The molecule has 6 nitrogen and oxygen atoms in total. The zero-order valence-electron chi connectivity index (χ0n) is 16.2. The molecule has 0 radical (unpaired) electrons. The molecule has 1 aromatic heterocycles. The van der Waals surface area contributed by atoms with Gasteiger partial charge >= 0.3 is 6.03 Å². The van der Waals surface area contributed by atoms with Gasteiger partial charge in [-0.05, 0) is 73.7 Å². The molecular weight excluding hydrogens is 380 g/mol. The highest BCUT2D eigenvalue weighted by molar-refractivity contribution is 7.99. The standard InChI is InChI=1S/C13H18N2O.C6H10N2OS2/c1-8(2)11-6-9-4-3-5-10(9)7-12(11)15-13(14)16;1-6(2,9)5-8-3-4(10-5)11-7/h6-8H,3-5H2,1-2H3,(H3,14,15,16);3,9H,7H2,1-2H3. The summed E-state index contributed by atoms with van der Waals surface area (Å²) >= 11 is 2.57. The molecule has 0 fully saturated rings. The Morgan fingerprint density at radius 2 is 1.96 bits per heavy atom. The molecule has 1 heterocycles. The largest absolute Gasteiger partial charge is 0.383 e. The van der Waals surface area contributed by atoms with E-state index in [1.54, 1.807) is 20.0 Å². The number of carbonyl (C=O) groups excluding carboxylic acids is 1. The number of rotatable bonds is 4. The third kappa shape index (κ3) is 5.93. The maximum absolute atomic E-state index is 11.0.